The van der Waals surface area contributed by atoms with Crippen LogP contribution >= 0.6 is 45.2 Å². The van der Waals surface area contributed by atoms with Gasteiger partial charge < -0.3 is 15.2 Å². The molecule has 0 aliphatic carbocycles. The predicted molar refractivity (Wildman–Crippen MR) is 97.1 cm³/mol. The van der Waals surface area contributed by atoms with Crippen molar-refractivity contribution in [2.75, 3.05) is 0 Å². The van der Waals surface area contributed by atoms with Crippen molar-refractivity contribution in [3.05, 3.63) is 30.5 Å². The predicted octanol–water partition coefficient (Wildman–Crippen LogP) is 3.24. The van der Waals surface area contributed by atoms with E-state index < -0.39 is 11.9 Å². The van der Waals surface area contributed by atoms with E-state index in [4.69, 9.17) is 9.84 Å². The SMILES string of the molecule is CC(=O)NC(=Cc1cc(I)c(OC(C)C)c(I)c1)C(=O)O. The van der Waals surface area contributed by atoms with E-state index >= 15 is 0 Å². The van der Waals surface area contributed by atoms with Gasteiger partial charge in [0, 0.05) is 6.92 Å². The van der Waals surface area contributed by atoms with Crippen LogP contribution < -0.4 is 10.1 Å². The normalized spacial score (nSPS) is 11.4. The van der Waals surface area contributed by atoms with Gasteiger partial charge in [0.15, 0.2) is 0 Å². The summed E-state index contributed by atoms with van der Waals surface area (Å²) in [5.41, 5.74) is 0.526. The molecule has 7 heteroatoms. The highest BCUT2D eigenvalue weighted by Crippen LogP contribution is 2.30. The van der Waals surface area contributed by atoms with Gasteiger partial charge in [0.1, 0.15) is 11.4 Å². The van der Waals surface area contributed by atoms with Crippen LogP contribution in [-0.2, 0) is 9.59 Å². The lowest BCUT2D eigenvalue weighted by Crippen LogP contribution is -2.24. The molecule has 0 fully saturated rings. The van der Waals surface area contributed by atoms with Crippen LogP contribution in [0.25, 0.3) is 6.08 Å². The summed E-state index contributed by atoms with van der Waals surface area (Å²) in [6.07, 6.45) is 1.48. The zero-order valence-corrected chi connectivity index (χ0v) is 16.1. The molecule has 21 heavy (non-hydrogen) atoms. The van der Waals surface area contributed by atoms with Crippen LogP contribution in [0, 0.1) is 7.14 Å². The monoisotopic (exact) mass is 515 g/mol. The highest BCUT2D eigenvalue weighted by atomic mass is 127. The number of carbonyl (C=O) groups is 2. The molecule has 1 rings (SSSR count). The van der Waals surface area contributed by atoms with E-state index in [1.54, 1.807) is 0 Å². The van der Waals surface area contributed by atoms with Crippen molar-refractivity contribution < 1.29 is 19.4 Å². The Hall–Kier alpha value is -0.840. The Balaban J connectivity index is 3.20. The van der Waals surface area contributed by atoms with Crippen molar-refractivity contribution in [3.63, 3.8) is 0 Å². The summed E-state index contributed by atoms with van der Waals surface area (Å²) >= 11 is 4.28. The Bertz CT molecular complexity index is 574. The Morgan fingerprint density at radius 1 is 1.29 bits per heavy atom. The minimum atomic E-state index is -1.18. The maximum Gasteiger partial charge on any atom is 0.352 e. The number of carbonyl (C=O) groups excluding carboxylic acids is 1. The number of rotatable bonds is 5. The van der Waals surface area contributed by atoms with E-state index in [9.17, 15) is 9.59 Å². The van der Waals surface area contributed by atoms with Crippen LogP contribution in [0.2, 0.25) is 0 Å². The first-order valence-corrected chi connectivity index (χ1v) is 8.24. The van der Waals surface area contributed by atoms with E-state index in [0.717, 1.165) is 12.9 Å². The molecule has 2 N–H and O–H groups in total. The molecule has 0 heterocycles. The standard InChI is InChI=1S/C14H15I2NO4/c1-7(2)21-13-10(15)4-9(5-11(13)16)6-12(14(19)20)17-8(3)18/h4-7H,1-3H3,(H,17,18)(H,19,20). The lowest BCUT2D eigenvalue weighted by molar-refractivity contribution is -0.134. The van der Waals surface area contributed by atoms with Crippen molar-refractivity contribution in [1.29, 1.82) is 0 Å². The van der Waals surface area contributed by atoms with Crippen LogP contribution in [-0.4, -0.2) is 23.1 Å². The average molecular weight is 515 g/mol. The highest BCUT2D eigenvalue weighted by Gasteiger charge is 2.13. The van der Waals surface area contributed by atoms with Gasteiger partial charge in [0.05, 0.1) is 13.2 Å². The minimum Gasteiger partial charge on any atom is -0.489 e. The second kappa shape index (κ2) is 7.97. The third-order valence-electron chi connectivity index (χ3n) is 2.23. The first-order valence-electron chi connectivity index (χ1n) is 6.09. The summed E-state index contributed by atoms with van der Waals surface area (Å²) in [5, 5.41) is 11.4. The molecule has 114 valence electrons. The van der Waals surface area contributed by atoms with E-state index in [0.29, 0.717) is 5.56 Å². The zero-order valence-electron chi connectivity index (χ0n) is 11.7. The van der Waals surface area contributed by atoms with Crippen LogP contribution in [0.3, 0.4) is 0 Å². The maximum atomic E-state index is 11.1. The summed E-state index contributed by atoms with van der Waals surface area (Å²) in [6, 6.07) is 3.62. The van der Waals surface area contributed by atoms with Gasteiger partial charge >= 0.3 is 5.97 Å². The van der Waals surface area contributed by atoms with Gasteiger partial charge in [0.25, 0.3) is 0 Å². The number of hydrogen-bond donors (Lipinski definition) is 2. The topological polar surface area (TPSA) is 75.6 Å². The molecule has 0 saturated carbocycles. The molecule has 1 aromatic carbocycles. The van der Waals surface area contributed by atoms with Crippen molar-refractivity contribution >= 4 is 63.1 Å². The smallest absolute Gasteiger partial charge is 0.352 e. The molecular weight excluding hydrogens is 500 g/mol. The Morgan fingerprint density at radius 2 is 1.81 bits per heavy atom. The Morgan fingerprint density at radius 3 is 2.19 bits per heavy atom. The van der Waals surface area contributed by atoms with Crippen molar-refractivity contribution in [3.8, 4) is 5.75 Å². The molecular formula is C14H15I2NO4. The molecule has 0 aliphatic heterocycles. The fraction of sp³-hybridized carbons (Fsp3) is 0.286. The minimum absolute atomic E-state index is 0.0578. The van der Waals surface area contributed by atoms with Crippen LogP contribution in [0.1, 0.15) is 26.3 Å². The van der Waals surface area contributed by atoms with E-state index in [1.165, 1.54) is 13.0 Å². The van der Waals surface area contributed by atoms with Crippen LogP contribution in [0.15, 0.2) is 17.8 Å². The number of aliphatic carboxylic acids is 1. The summed E-state index contributed by atoms with van der Waals surface area (Å²) < 4.78 is 7.49. The van der Waals surface area contributed by atoms with E-state index in [2.05, 4.69) is 50.5 Å². The van der Waals surface area contributed by atoms with Gasteiger partial charge in [0.2, 0.25) is 5.91 Å². The second-order valence-electron chi connectivity index (χ2n) is 4.52. The van der Waals surface area contributed by atoms with E-state index in [1.807, 2.05) is 26.0 Å². The maximum absolute atomic E-state index is 11.1. The third kappa shape index (κ3) is 5.81. The first-order chi connectivity index (χ1) is 9.70. The average Bonchev–Trinajstić information content (AvgIpc) is 2.32. The molecule has 0 saturated heterocycles. The number of benzene rings is 1. The van der Waals surface area contributed by atoms with Gasteiger partial charge in [-0.1, -0.05) is 0 Å². The van der Waals surface area contributed by atoms with Crippen molar-refractivity contribution in [1.82, 2.24) is 5.32 Å². The summed E-state index contributed by atoms with van der Waals surface area (Å²) in [4.78, 5) is 22.1. The number of ether oxygens (including phenoxy) is 1. The van der Waals surface area contributed by atoms with E-state index in [-0.39, 0.29) is 11.8 Å². The molecule has 1 aromatic rings. The Kier molecular flexibility index (Phi) is 6.91. The lowest BCUT2D eigenvalue weighted by atomic mass is 10.2. The second-order valence-corrected chi connectivity index (χ2v) is 6.85. The quantitative estimate of drug-likeness (QED) is 0.467. The van der Waals surface area contributed by atoms with Crippen LogP contribution in [0.5, 0.6) is 5.75 Å². The molecule has 0 aliphatic rings. The molecule has 0 aromatic heterocycles. The van der Waals surface area contributed by atoms with Gasteiger partial charge in [-0.05, 0) is 82.8 Å². The molecule has 0 atom stereocenters. The molecule has 5 nitrogen and oxygen atoms in total. The van der Waals surface area contributed by atoms with Crippen LogP contribution in [0.4, 0.5) is 0 Å². The number of carboxylic acid groups (broad SMARTS) is 1. The first kappa shape index (κ1) is 18.2. The summed E-state index contributed by atoms with van der Waals surface area (Å²) in [7, 11) is 0. The zero-order chi connectivity index (χ0) is 16.2. The molecule has 0 spiro atoms. The van der Waals surface area contributed by atoms with Gasteiger partial charge in [-0.3, -0.25) is 4.79 Å². The van der Waals surface area contributed by atoms with Crippen molar-refractivity contribution in [2.24, 2.45) is 0 Å². The number of halogens is 2. The summed E-state index contributed by atoms with van der Waals surface area (Å²) in [5.74, 6) is -0.828. The molecule has 1 amide bonds. The Labute approximate surface area is 150 Å². The number of hydrogen-bond acceptors (Lipinski definition) is 3. The number of nitrogens with one attached hydrogen (secondary N) is 1. The van der Waals surface area contributed by atoms with Gasteiger partial charge in [-0.2, -0.15) is 0 Å². The summed E-state index contributed by atoms with van der Waals surface area (Å²) in [6.45, 7) is 5.16. The largest absolute Gasteiger partial charge is 0.489 e. The molecule has 0 radical (unpaired) electrons. The fourth-order valence-corrected chi connectivity index (χ4v) is 3.59. The third-order valence-corrected chi connectivity index (χ3v) is 3.83. The highest BCUT2D eigenvalue weighted by molar-refractivity contribution is 14.1. The lowest BCUT2D eigenvalue weighted by Gasteiger charge is -2.14. The molecule has 0 bridgehead atoms. The molecule has 0 unspecified atom stereocenters. The number of amides is 1. The van der Waals surface area contributed by atoms with Gasteiger partial charge in [-0.15, -0.1) is 0 Å². The van der Waals surface area contributed by atoms with Gasteiger partial charge in [-0.25, -0.2) is 4.79 Å². The fourth-order valence-electron chi connectivity index (χ4n) is 1.52. The number of carboxylic acids is 1. The van der Waals surface area contributed by atoms with Crippen molar-refractivity contribution in [2.45, 2.75) is 26.9 Å².